The summed E-state index contributed by atoms with van der Waals surface area (Å²) < 4.78 is 7.07. The molecule has 0 amide bonds. The van der Waals surface area contributed by atoms with Gasteiger partial charge in [0.2, 0.25) is 0 Å². The molecule has 0 spiro atoms. The van der Waals surface area contributed by atoms with Crippen LogP contribution in [0.25, 0.3) is 0 Å². The Morgan fingerprint density at radius 1 is 1.32 bits per heavy atom. The number of nitrogens with zero attached hydrogens (tertiary/aromatic N) is 1. The van der Waals surface area contributed by atoms with Crippen LogP contribution in [-0.2, 0) is 6.54 Å². The van der Waals surface area contributed by atoms with Crippen molar-refractivity contribution in [3.8, 4) is 5.75 Å². The van der Waals surface area contributed by atoms with Crippen molar-refractivity contribution < 1.29 is 4.74 Å². The van der Waals surface area contributed by atoms with Crippen LogP contribution in [0.4, 0.5) is 5.69 Å². The number of hydrogen-bond donors (Lipinski definition) is 1. The zero-order valence-corrected chi connectivity index (χ0v) is 14.0. The number of pyridine rings is 1. The number of aromatic nitrogens is 1. The number of ether oxygens (including phenoxy) is 1. The highest BCUT2D eigenvalue weighted by molar-refractivity contribution is 9.11. The minimum absolute atomic E-state index is 0.645. The Balaban J connectivity index is 2.15. The second-order valence-corrected chi connectivity index (χ2v) is 5.92. The quantitative estimate of drug-likeness (QED) is 0.786. The van der Waals surface area contributed by atoms with E-state index in [2.05, 4.69) is 42.2 Å². The first-order valence-electron chi connectivity index (χ1n) is 5.47. The summed E-state index contributed by atoms with van der Waals surface area (Å²) >= 11 is 13.0. The van der Waals surface area contributed by atoms with Crippen molar-refractivity contribution in [3.63, 3.8) is 0 Å². The number of nitrogens with one attached hydrogen (secondary N) is 1. The van der Waals surface area contributed by atoms with Crippen LogP contribution in [0.3, 0.4) is 0 Å². The summed E-state index contributed by atoms with van der Waals surface area (Å²) in [5.74, 6) is 0.781. The first-order chi connectivity index (χ1) is 9.11. The number of halogens is 3. The lowest BCUT2D eigenvalue weighted by Gasteiger charge is -2.11. The molecular weight excluding hydrogens is 395 g/mol. The van der Waals surface area contributed by atoms with E-state index in [1.807, 2.05) is 12.1 Å². The molecule has 0 bridgehead atoms. The first kappa shape index (κ1) is 14.6. The van der Waals surface area contributed by atoms with E-state index in [1.165, 1.54) is 0 Å². The Kier molecular flexibility index (Phi) is 5.07. The number of rotatable bonds is 4. The number of benzene rings is 1. The van der Waals surface area contributed by atoms with Crippen molar-refractivity contribution in [2.45, 2.75) is 6.54 Å². The van der Waals surface area contributed by atoms with Crippen LogP contribution < -0.4 is 10.1 Å². The molecule has 19 heavy (non-hydrogen) atoms. The van der Waals surface area contributed by atoms with Gasteiger partial charge in [-0.3, -0.25) is 4.98 Å². The number of methoxy groups -OCH3 is 1. The standard InChI is InChI=1S/C13H11Br2ClN2O/c1-19-13-9(14)4-8(5-10(13)15)6-18-12-7-17-3-2-11(12)16/h2-5,7,18H,6H2,1H3. The SMILES string of the molecule is COc1c(Br)cc(CNc2cnccc2Cl)cc1Br. The lowest BCUT2D eigenvalue weighted by atomic mass is 10.2. The maximum absolute atomic E-state index is 6.06. The fourth-order valence-electron chi connectivity index (χ4n) is 1.61. The summed E-state index contributed by atoms with van der Waals surface area (Å²) in [6, 6.07) is 5.76. The van der Waals surface area contributed by atoms with Gasteiger partial charge in [0.25, 0.3) is 0 Å². The van der Waals surface area contributed by atoms with E-state index in [4.69, 9.17) is 16.3 Å². The molecule has 1 aromatic carbocycles. The van der Waals surface area contributed by atoms with Gasteiger partial charge in [-0.05, 0) is 55.6 Å². The van der Waals surface area contributed by atoms with Gasteiger partial charge in [0.15, 0.2) is 0 Å². The smallest absolute Gasteiger partial charge is 0.147 e. The molecule has 0 unspecified atom stereocenters. The van der Waals surface area contributed by atoms with Crippen LogP contribution >= 0.6 is 43.5 Å². The summed E-state index contributed by atoms with van der Waals surface area (Å²) in [7, 11) is 1.64. The molecule has 0 fully saturated rings. The largest absolute Gasteiger partial charge is 0.494 e. The van der Waals surface area contributed by atoms with E-state index >= 15 is 0 Å². The average Bonchev–Trinajstić information content (AvgIpc) is 2.37. The highest BCUT2D eigenvalue weighted by Crippen LogP contribution is 2.34. The third-order valence-electron chi connectivity index (χ3n) is 2.51. The Morgan fingerprint density at radius 2 is 2.00 bits per heavy atom. The highest BCUT2D eigenvalue weighted by atomic mass is 79.9. The molecule has 1 N–H and O–H groups in total. The maximum Gasteiger partial charge on any atom is 0.147 e. The second kappa shape index (κ2) is 6.59. The van der Waals surface area contributed by atoms with Crippen molar-refractivity contribution in [2.24, 2.45) is 0 Å². The van der Waals surface area contributed by atoms with E-state index in [-0.39, 0.29) is 0 Å². The molecule has 0 saturated heterocycles. The molecule has 1 aromatic heterocycles. The first-order valence-corrected chi connectivity index (χ1v) is 7.43. The molecule has 2 rings (SSSR count). The second-order valence-electron chi connectivity index (χ2n) is 3.80. The third kappa shape index (κ3) is 3.61. The van der Waals surface area contributed by atoms with Crippen LogP contribution in [-0.4, -0.2) is 12.1 Å². The molecule has 0 aliphatic carbocycles. The molecular formula is C13H11Br2ClN2O. The Hall–Kier alpha value is -0.780. The number of anilines is 1. The van der Waals surface area contributed by atoms with E-state index in [0.717, 1.165) is 25.9 Å². The zero-order valence-electron chi connectivity index (χ0n) is 10.1. The predicted octanol–water partition coefficient (Wildman–Crippen LogP) is 4.88. The third-order valence-corrected chi connectivity index (χ3v) is 4.02. The highest BCUT2D eigenvalue weighted by Gasteiger charge is 2.08. The lowest BCUT2D eigenvalue weighted by molar-refractivity contribution is 0.409. The molecule has 0 aliphatic heterocycles. The molecule has 100 valence electrons. The molecule has 3 nitrogen and oxygen atoms in total. The summed E-state index contributed by atoms with van der Waals surface area (Å²) in [5.41, 5.74) is 1.91. The van der Waals surface area contributed by atoms with E-state index in [1.54, 1.807) is 25.6 Å². The van der Waals surface area contributed by atoms with Crippen LogP contribution in [0, 0.1) is 0 Å². The predicted molar refractivity (Wildman–Crippen MR) is 85.0 cm³/mol. The summed E-state index contributed by atoms with van der Waals surface area (Å²) in [6.45, 7) is 0.645. The topological polar surface area (TPSA) is 34.1 Å². The minimum atomic E-state index is 0.645. The Bertz CT molecular complexity index is 570. The molecule has 1 heterocycles. The van der Waals surface area contributed by atoms with Gasteiger partial charge in [0.05, 0.1) is 33.0 Å². The van der Waals surface area contributed by atoms with Crippen LogP contribution in [0.1, 0.15) is 5.56 Å². The van der Waals surface area contributed by atoms with Crippen molar-refractivity contribution in [1.29, 1.82) is 0 Å². The maximum atomic E-state index is 6.06. The van der Waals surface area contributed by atoms with Gasteiger partial charge in [0.1, 0.15) is 5.75 Å². The van der Waals surface area contributed by atoms with Crippen molar-refractivity contribution in [1.82, 2.24) is 4.98 Å². The molecule has 0 radical (unpaired) electrons. The fourth-order valence-corrected chi connectivity index (χ4v) is 3.39. The van der Waals surface area contributed by atoms with Gasteiger partial charge in [-0.25, -0.2) is 0 Å². The molecule has 0 saturated carbocycles. The van der Waals surface area contributed by atoms with Crippen molar-refractivity contribution in [2.75, 3.05) is 12.4 Å². The Morgan fingerprint density at radius 3 is 2.58 bits per heavy atom. The van der Waals surface area contributed by atoms with Crippen LogP contribution in [0.15, 0.2) is 39.5 Å². The van der Waals surface area contributed by atoms with Gasteiger partial charge in [-0.1, -0.05) is 11.6 Å². The molecule has 0 aliphatic rings. The van der Waals surface area contributed by atoms with E-state index in [9.17, 15) is 0 Å². The molecule has 6 heteroatoms. The fraction of sp³-hybridized carbons (Fsp3) is 0.154. The Labute approximate surface area is 133 Å². The zero-order chi connectivity index (χ0) is 13.8. The van der Waals surface area contributed by atoms with Crippen LogP contribution in [0.2, 0.25) is 5.02 Å². The average molecular weight is 407 g/mol. The van der Waals surface area contributed by atoms with E-state index < -0.39 is 0 Å². The van der Waals surface area contributed by atoms with Crippen molar-refractivity contribution >= 4 is 49.1 Å². The monoisotopic (exact) mass is 404 g/mol. The van der Waals surface area contributed by atoms with Crippen LogP contribution in [0.5, 0.6) is 5.75 Å². The summed E-state index contributed by atoms with van der Waals surface area (Å²) in [5, 5.41) is 3.90. The molecule has 0 atom stereocenters. The molecule has 2 aromatic rings. The lowest BCUT2D eigenvalue weighted by Crippen LogP contribution is -2.01. The van der Waals surface area contributed by atoms with Gasteiger partial charge in [0, 0.05) is 12.7 Å². The number of hydrogen-bond acceptors (Lipinski definition) is 3. The van der Waals surface area contributed by atoms with Gasteiger partial charge < -0.3 is 10.1 Å². The minimum Gasteiger partial charge on any atom is -0.494 e. The van der Waals surface area contributed by atoms with Gasteiger partial charge in [-0.2, -0.15) is 0 Å². The summed E-state index contributed by atoms with van der Waals surface area (Å²) in [6.07, 6.45) is 3.37. The van der Waals surface area contributed by atoms with E-state index in [0.29, 0.717) is 11.6 Å². The normalized spacial score (nSPS) is 10.3. The van der Waals surface area contributed by atoms with Gasteiger partial charge in [-0.15, -0.1) is 0 Å². The van der Waals surface area contributed by atoms with Crippen molar-refractivity contribution in [3.05, 3.63) is 50.1 Å². The van der Waals surface area contributed by atoms with Gasteiger partial charge >= 0.3 is 0 Å². The summed E-state index contributed by atoms with van der Waals surface area (Å²) in [4.78, 5) is 4.03.